The van der Waals surface area contributed by atoms with E-state index < -0.39 is 0 Å². The zero-order valence-corrected chi connectivity index (χ0v) is 13.8. The molecular weight excluding hydrogens is 260 g/mol. The van der Waals surface area contributed by atoms with E-state index in [-0.39, 0.29) is 12.0 Å². The molecule has 1 unspecified atom stereocenters. The van der Waals surface area contributed by atoms with Gasteiger partial charge in [0.25, 0.3) is 0 Å². The Morgan fingerprint density at radius 1 is 1.43 bits per heavy atom. The molecule has 0 bridgehead atoms. The first-order valence-electron chi connectivity index (χ1n) is 7.95. The Kier molecular flexibility index (Phi) is 4.77. The van der Waals surface area contributed by atoms with E-state index in [4.69, 9.17) is 4.42 Å². The molecule has 2 heteroatoms. The van der Waals surface area contributed by atoms with Gasteiger partial charge >= 0.3 is 0 Å². The second-order valence-corrected chi connectivity index (χ2v) is 7.00. The molecule has 2 nitrogen and oxygen atoms in total. The lowest BCUT2D eigenvalue weighted by molar-refractivity contribution is 0.245. The Morgan fingerprint density at radius 2 is 2.14 bits per heavy atom. The third-order valence-electron chi connectivity index (χ3n) is 4.74. The summed E-state index contributed by atoms with van der Waals surface area (Å²) in [6.07, 6.45) is 4.50. The van der Waals surface area contributed by atoms with Crippen molar-refractivity contribution in [2.75, 3.05) is 0 Å². The summed E-state index contributed by atoms with van der Waals surface area (Å²) in [7, 11) is 0. The summed E-state index contributed by atoms with van der Waals surface area (Å²) < 4.78 is 5.87. The largest absolute Gasteiger partial charge is 0.459 e. The molecule has 1 heterocycles. The Bertz CT molecular complexity index is 548. The van der Waals surface area contributed by atoms with Gasteiger partial charge < -0.3 is 9.52 Å². The van der Waals surface area contributed by atoms with E-state index in [0.717, 1.165) is 25.0 Å². The number of rotatable bonds is 6. The predicted molar refractivity (Wildman–Crippen MR) is 87.8 cm³/mol. The highest BCUT2D eigenvalue weighted by molar-refractivity contribution is 5.72. The van der Waals surface area contributed by atoms with Crippen molar-refractivity contribution in [3.05, 3.63) is 41.4 Å². The predicted octanol–water partition coefficient (Wildman–Crippen LogP) is 5.34. The molecule has 0 saturated carbocycles. The van der Waals surface area contributed by atoms with Crippen LogP contribution in [0.15, 0.2) is 34.3 Å². The maximum absolute atomic E-state index is 9.25. The fourth-order valence-electron chi connectivity index (χ4n) is 3.42. The number of furan rings is 1. The van der Waals surface area contributed by atoms with Crippen molar-refractivity contribution < 1.29 is 9.52 Å². The van der Waals surface area contributed by atoms with Gasteiger partial charge in [0.15, 0.2) is 0 Å². The second-order valence-electron chi connectivity index (χ2n) is 7.00. The van der Waals surface area contributed by atoms with Crippen molar-refractivity contribution in [2.24, 2.45) is 11.3 Å². The summed E-state index contributed by atoms with van der Waals surface area (Å²) in [6, 6.07) is 3.91. The molecule has 1 aliphatic carbocycles. The third kappa shape index (κ3) is 3.32. The molecular formula is C19H28O2. The maximum Gasteiger partial charge on any atom is 0.130 e. The number of hydrogen-bond acceptors (Lipinski definition) is 2. The second kappa shape index (κ2) is 6.23. The molecule has 1 aromatic rings. The summed E-state index contributed by atoms with van der Waals surface area (Å²) in [5.74, 6) is 2.13. The first-order chi connectivity index (χ1) is 9.87. The van der Waals surface area contributed by atoms with Gasteiger partial charge in [-0.2, -0.15) is 0 Å². The molecule has 0 amide bonds. The van der Waals surface area contributed by atoms with Crippen molar-refractivity contribution in [1.82, 2.24) is 0 Å². The fraction of sp³-hybridized carbons (Fsp3) is 0.579. The Balaban J connectivity index is 2.40. The zero-order valence-electron chi connectivity index (χ0n) is 13.8. The molecule has 0 fully saturated rings. The average Bonchev–Trinajstić information content (AvgIpc) is 3.00. The molecule has 21 heavy (non-hydrogen) atoms. The SMILES string of the molecule is C=C(C)CCC1(C)CCC(C(C)C)=C1c1ccc(CO)o1. The molecule has 2 rings (SSSR count). The van der Waals surface area contributed by atoms with E-state index in [1.165, 1.54) is 23.1 Å². The summed E-state index contributed by atoms with van der Waals surface area (Å²) in [6.45, 7) is 13.0. The highest BCUT2D eigenvalue weighted by Crippen LogP contribution is 2.53. The minimum atomic E-state index is -0.0349. The van der Waals surface area contributed by atoms with E-state index in [2.05, 4.69) is 34.3 Å². The average molecular weight is 288 g/mol. The highest BCUT2D eigenvalue weighted by atomic mass is 16.4. The van der Waals surface area contributed by atoms with Crippen LogP contribution in [0.4, 0.5) is 0 Å². The summed E-state index contributed by atoms with van der Waals surface area (Å²) in [5.41, 5.74) is 4.28. The van der Waals surface area contributed by atoms with Gasteiger partial charge in [-0.1, -0.05) is 31.9 Å². The number of aliphatic hydroxyl groups is 1. The molecule has 0 spiro atoms. The molecule has 1 N–H and O–H groups in total. The molecule has 0 aliphatic heterocycles. The minimum absolute atomic E-state index is 0.0349. The van der Waals surface area contributed by atoms with Crippen molar-refractivity contribution in [1.29, 1.82) is 0 Å². The van der Waals surface area contributed by atoms with Gasteiger partial charge in [-0.15, -0.1) is 6.58 Å². The highest BCUT2D eigenvalue weighted by Gasteiger charge is 2.39. The van der Waals surface area contributed by atoms with Gasteiger partial charge in [0.2, 0.25) is 0 Å². The van der Waals surface area contributed by atoms with Crippen LogP contribution in [0.1, 0.15) is 64.9 Å². The van der Waals surface area contributed by atoms with Gasteiger partial charge in [-0.3, -0.25) is 0 Å². The lowest BCUT2D eigenvalue weighted by atomic mass is 9.76. The van der Waals surface area contributed by atoms with E-state index in [1.54, 1.807) is 0 Å². The maximum atomic E-state index is 9.25. The third-order valence-corrected chi connectivity index (χ3v) is 4.74. The van der Waals surface area contributed by atoms with Crippen molar-refractivity contribution >= 4 is 5.57 Å². The molecule has 116 valence electrons. The first kappa shape index (κ1) is 16.1. The van der Waals surface area contributed by atoms with Crippen LogP contribution in [0.2, 0.25) is 0 Å². The summed E-state index contributed by atoms with van der Waals surface area (Å²) in [5, 5.41) is 9.25. The van der Waals surface area contributed by atoms with Crippen LogP contribution in [0.25, 0.3) is 5.57 Å². The van der Waals surface area contributed by atoms with Crippen molar-refractivity contribution in [3.63, 3.8) is 0 Å². The van der Waals surface area contributed by atoms with Crippen LogP contribution in [0, 0.1) is 11.3 Å². The van der Waals surface area contributed by atoms with Crippen LogP contribution in [-0.2, 0) is 6.61 Å². The molecule has 1 atom stereocenters. The lowest BCUT2D eigenvalue weighted by Gasteiger charge is -2.28. The van der Waals surface area contributed by atoms with E-state index in [0.29, 0.717) is 11.7 Å². The lowest BCUT2D eigenvalue weighted by Crippen LogP contribution is -2.15. The zero-order chi connectivity index (χ0) is 15.6. The van der Waals surface area contributed by atoms with Crippen LogP contribution in [-0.4, -0.2) is 5.11 Å². The van der Waals surface area contributed by atoms with E-state index in [1.807, 2.05) is 12.1 Å². The van der Waals surface area contributed by atoms with Gasteiger partial charge in [-0.25, -0.2) is 0 Å². The molecule has 0 saturated heterocycles. The summed E-state index contributed by atoms with van der Waals surface area (Å²) >= 11 is 0. The topological polar surface area (TPSA) is 33.4 Å². The minimum Gasteiger partial charge on any atom is -0.459 e. The standard InChI is InChI=1S/C19H28O2/c1-13(2)8-10-19(5)11-9-16(14(3)4)18(19)17-7-6-15(12-20)21-17/h6-7,14,20H,1,8-12H2,2-5H3. The van der Waals surface area contributed by atoms with Gasteiger partial charge in [0.1, 0.15) is 18.1 Å². The van der Waals surface area contributed by atoms with Gasteiger partial charge in [0, 0.05) is 5.57 Å². The molecule has 1 aliphatic rings. The Labute approximate surface area is 128 Å². The van der Waals surface area contributed by atoms with Gasteiger partial charge in [0.05, 0.1) is 0 Å². The van der Waals surface area contributed by atoms with E-state index >= 15 is 0 Å². The molecule has 0 aromatic carbocycles. The van der Waals surface area contributed by atoms with E-state index in [9.17, 15) is 5.11 Å². The smallest absolute Gasteiger partial charge is 0.130 e. The van der Waals surface area contributed by atoms with Crippen LogP contribution in [0.5, 0.6) is 0 Å². The van der Waals surface area contributed by atoms with Crippen LogP contribution < -0.4 is 0 Å². The van der Waals surface area contributed by atoms with Crippen molar-refractivity contribution in [2.45, 2.75) is 60.0 Å². The first-order valence-corrected chi connectivity index (χ1v) is 7.95. The summed E-state index contributed by atoms with van der Waals surface area (Å²) in [4.78, 5) is 0. The quantitative estimate of drug-likeness (QED) is 0.717. The van der Waals surface area contributed by atoms with Crippen LogP contribution in [0.3, 0.4) is 0 Å². The van der Waals surface area contributed by atoms with Crippen LogP contribution >= 0.6 is 0 Å². The van der Waals surface area contributed by atoms with Crippen molar-refractivity contribution in [3.8, 4) is 0 Å². The molecule has 1 aromatic heterocycles. The number of hydrogen-bond donors (Lipinski definition) is 1. The monoisotopic (exact) mass is 288 g/mol. The Hall–Kier alpha value is -1.28. The normalized spacial score (nSPS) is 22.4. The van der Waals surface area contributed by atoms with Gasteiger partial charge in [-0.05, 0) is 56.1 Å². The number of allylic oxidation sites excluding steroid dienone is 3. The number of aliphatic hydroxyl groups excluding tert-OH is 1. The Morgan fingerprint density at radius 3 is 2.67 bits per heavy atom. The molecule has 0 radical (unpaired) electrons. The fourth-order valence-corrected chi connectivity index (χ4v) is 3.42.